The topological polar surface area (TPSA) is 78.5 Å². The Balaban J connectivity index is 1.30. The number of benzene rings is 3. The maximum atomic E-state index is 13.7. The van der Waals surface area contributed by atoms with Crippen LogP contribution < -0.4 is 4.31 Å². The Labute approximate surface area is 211 Å². The van der Waals surface area contributed by atoms with Crippen LogP contribution in [0.2, 0.25) is 0 Å². The number of nitrogens with zero attached hydrogens (tertiary/aromatic N) is 3. The molecule has 1 fully saturated rings. The van der Waals surface area contributed by atoms with Crippen molar-refractivity contribution in [3.8, 4) is 22.5 Å². The molecular formula is C28H28N4O3S. The number of morpholine rings is 1. The lowest BCUT2D eigenvalue weighted by molar-refractivity contribution is 0.0395. The van der Waals surface area contributed by atoms with E-state index < -0.39 is 10.0 Å². The van der Waals surface area contributed by atoms with E-state index in [9.17, 15) is 8.42 Å². The molecule has 4 aromatic rings. The molecule has 0 amide bonds. The van der Waals surface area contributed by atoms with E-state index in [1.54, 1.807) is 24.3 Å². The molecule has 1 aliphatic heterocycles. The van der Waals surface area contributed by atoms with Crippen molar-refractivity contribution < 1.29 is 13.2 Å². The maximum Gasteiger partial charge on any atom is 0.264 e. The lowest BCUT2D eigenvalue weighted by atomic mass is 10.1. The van der Waals surface area contributed by atoms with Gasteiger partial charge < -0.3 is 4.74 Å². The number of hydrogen-bond acceptors (Lipinski definition) is 5. The number of anilines is 1. The monoisotopic (exact) mass is 500 g/mol. The smallest absolute Gasteiger partial charge is 0.264 e. The number of aromatic amines is 1. The highest BCUT2D eigenvalue weighted by molar-refractivity contribution is 7.92. The second-order valence-electron chi connectivity index (χ2n) is 9.15. The van der Waals surface area contributed by atoms with Gasteiger partial charge in [0, 0.05) is 49.3 Å². The van der Waals surface area contributed by atoms with Gasteiger partial charge in [-0.1, -0.05) is 54.6 Å². The van der Waals surface area contributed by atoms with Crippen molar-refractivity contribution >= 4 is 15.7 Å². The standard InChI is InChI=1S/C28H28N4O3S/c33-36(34,24-7-2-1-3-8-24)32(15-14-31-16-18-35-19-17-31)23-12-10-21(11-13-23)27-26-20-22-6-4-5-9-25(22)28(26)30-29-27/h1-13H,14-20H2,(H,29,30). The second-order valence-corrected chi connectivity index (χ2v) is 11.0. The van der Waals surface area contributed by atoms with E-state index in [0.717, 1.165) is 36.5 Å². The van der Waals surface area contributed by atoms with Crippen molar-refractivity contribution in [1.82, 2.24) is 15.1 Å². The van der Waals surface area contributed by atoms with E-state index in [4.69, 9.17) is 4.74 Å². The average molecular weight is 501 g/mol. The molecule has 0 radical (unpaired) electrons. The molecule has 0 atom stereocenters. The first kappa shape index (κ1) is 23.0. The minimum atomic E-state index is -3.71. The SMILES string of the molecule is O=S(=O)(c1ccccc1)N(CCN1CCOCC1)c1ccc(-c2n[nH]c3c2Cc2ccccc2-3)cc1. The summed E-state index contributed by atoms with van der Waals surface area (Å²) in [5.74, 6) is 0. The third-order valence-corrected chi connectivity index (χ3v) is 8.85. The lowest BCUT2D eigenvalue weighted by Crippen LogP contribution is -2.43. The van der Waals surface area contributed by atoms with E-state index in [1.165, 1.54) is 21.0 Å². The Hall–Kier alpha value is -3.46. The largest absolute Gasteiger partial charge is 0.379 e. The average Bonchev–Trinajstić information content (AvgIpc) is 3.50. The van der Waals surface area contributed by atoms with Gasteiger partial charge in [-0.2, -0.15) is 5.10 Å². The molecule has 6 rings (SSSR count). The van der Waals surface area contributed by atoms with Crippen molar-refractivity contribution in [2.24, 2.45) is 0 Å². The Morgan fingerprint density at radius 2 is 1.64 bits per heavy atom. The first-order valence-electron chi connectivity index (χ1n) is 12.2. The summed E-state index contributed by atoms with van der Waals surface area (Å²) in [6, 6.07) is 24.7. The molecule has 0 unspecified atom stereocenters. The first-order valence-corrected chi connectivity index (χ1v) is 13.7. The summed E-state index contributed by atoms with van der Waals surface area (Å²) in [4.78, 5) is 2.54. The van der Waals surface area contributed by atoms with Crippen molar-refractivity contribution in [3.63, 3.8) is 0 Å². The summed E-state index contributed by atoms with van der Waals surface area (Å²) >= 11 is 0. The molecule has 0 spiro atoms. The zero-order valence-electron chi connectivity index (χ0n) is 19.9. The van der Waals surface area contributed by atoms with Crippen LogP contribution in [0.15, 0.2) is 83.8 Å². The zero-order chi connectivity index (χ0) is 24.5. The van der Waals surface area contributed by atoms with Crippen LogP contribution in [0.4, 0.5) is 5.69 Å². The fourth-order valence-corrected chi connectivity index (χ4v) is 6.53. The molecule has 8 heteroatoms. The van der Waals surface area contributed by atoms with Crippen LogP contribution in [0, 0.1) is 0 Å². The highest BCUT2D eigenvalue weighted by Crippen LogP contribution is 2.40. The highest BCUT2D eigenvalue weighted by Gasteiger charge is 2.27. The molecule has 1 saturated heterocycles. The normalized spacial score (nSPS) is 15.4. The van der Waals surface area contributed by atoms with E-state index in [2.05, 4.69) is 33.3 Å². The summed E-state index contributed by atoms with van der Waals surface area (Å²) in [5.41, 5.74) is 7.28. The first-order chi connectivity index (χ1) is 17.6. The third kappa shape index (κ3) is 4.21. The third-order valence-electron chi connectivity index (χ3n) is 7.00. The van der Waals surface area contributed by atoms with Crippen LogP contribution in [-0.2, 0) is 21.2 Å². The van der Waals surface area contributed by atoms with E-state index >= 15 is 0 Å². The van der Waals surface area contributed by atoms with Gasteiger partial charge in [-0.15, -0.1) is 0 Å². The van der Waals surface area contributed by atoms with Crippen LogP contribution in [0.3, 0.4) is 0 Å². The molecule has 184 valence electrons. The second kappa shape index (κ2) is 9.54. The van der Waals surface area contributed by atoms with Gasteiger partial charge in [-0.05, 0) is 29.8 Å². The molecule has 1 aliphatic carbocycles. The molecule has 0 saturated carbocycles. The van der Waals surface area contributed by atoms with Gasteiger partial charge in [0.05, 0.1) is 35.2 Å². The molecule has 1 N–H and O–H groups in total. The molecule has 7 nitrogen and oxygen atoms in total. The van der Waals surface area contributed by atoms with Crippen LogP contribution in [0.5, 0.6) is 0 Å². The Morgan fingerprint density at radius 3 is 2.42 bits per heavy atom. The van der Waals surface area contributed by atoms with Crippen molar-refractivity contribution in [2.75, 3.05) is 43.7 Å². The number of hydrogen-bond donors (Lipinski definition) is 1. The number of H-pyrrole nitrogens is 1. The summed E-state index contributed by atoms with van der Waals surface area (Å²) in [6.07, 6.45) is 0.840. The molecule has 1 aromatic heterocycles. The maximum absolute atomic E-state index is 13.7. The van der Waals surface area contributed by atoms with E-state index in [1.807, 2.05) is 36.4 Å². The summed E-state index contributed by atoms with van der Waals surface area (Å²) < 4.78 is 34.3. The lowest BCUT2D eigenvalue weighted by Gasteiger charge is -2.30. The van der Waals surface area contributed by atoms with Gasteiger partial charge in [0.2, 0.25) is 0 Å². The molecule has 36 heavy (non-hydrogen) atoms. The van der Waals surface area contributed by atoms with Crippen molar-refractivity contribution in [1.29, 1.82) is 0 Å². The van der Waals surface area contributed by atoms with Gasteiger partial charge in [0.1, 0.15) is 0 Å². The number of ether oxygens (including phenoxy) is 1. The molecule has 0 bridgehead atoms. The van der Waals surface area contributed by atoms with Crippen molar-refractivity contribution in [3.05, 3.63) is 90.0 Å². The summed E-state index contributed by atoms with van der Waals surface area (Å²) in [5, 5.41) is 7.81. The van der Waals surface area contributed by atoms with Crippen LogP contribution in [0.25, 0.3) is 22.5 Å². The fraction of sp³-hybridized carbons (Fsp3) is 0.250. The molecule has 2 aliphatic rings. The fourth-order valence-electron chi connectivity index (χ4n) is 5.06. The molecule has 2 heterocycles. The van der Waals surface area contributed by atoms with Crippen molar-refractivity contribution in [2.45, 2.75) is 11.3 Å². The van der Waals surface area contributed by atoms with Gasteiger partial charge in [-0.25, -0.2) is 8.42 Å². The number of fused-ring (bicyclic) bond motifs is 3. The zero-order valence-corrected chi connectivity index (χ0v) is 20.7. The van der Waals surface area contributed by atoms with Gasteiger partial charge in [0.15, 0.2) is 0 Å². The van der Waals surface area contributed by atoms with Crippen LogP contribution in [-0.4, -0.2) is 62.9 Å². The summed E-state index contributed by atoms with van der Waals surface area (Å²) in [7, 11) is -3.71. The predicted molar refractivity (Wildman–Crippen MR) is 140 cm³/mol. The van der Waals surface area contributed by atoms with Crippen LogP contribution in [0.1, 0.15) is 11.1 Å². The van der Waals surface area contributed by atoms with E-state index in [0.29, 0.717) is 36.9 Å². The predicted octanol–water partition coefficient (Wildman–Crippen LogP) is 4.18. The minimum absolute atomic E-state index is 0.291. The Kier molecular flexibility index (Phi) is 6.08. The van der Waals surface area contributed by atoms with Crippen LogP contribution >= 0.6 is 0 Å². The highest BCUT2D eigenvalue weighted by atomic mass is 32.2. The molecular weight excluding hydrogens is 472 g/mol. The number of sulfonamides is 1. The quantitative estimate of drug-likeness (QED) is 0.363. The van der Waals surface area contributed by atoms with Gasteiger partial charge in [-0.3, -0.25) is 14.3 Å². The minimum Gasteiger partial charge on any atom is -0.379 e. The Bertz CT molecular complexity index is 1460. The number of rotatable bonds is 7. The number of nitrogens with one attached hydrogen (secondary N) is 1. The number of aromatic nitrogens is 2. The van der Waals surface area contributed by atoms with Gasteiger partial charge in [0.25, 0.3) is 10.0 Å². The summed E-state index contributed by atoms with van der Waals surface area (Å²) in [6.45, 7) is 3.98. The van der Waals surface area contributed by atoms with Gasteiger partial charge >= 0.3 is 0 Å². The molecule has 3 aromatic carbocycles. The Morgan fingerprint density at radius 1 is 0.917 bits per heavy atom. The van der Waals surface area contributed by atoms with E-state index in [-0.39, 0.29) is 0 Å².